The van der Waals surface area contributed by atoms with E-state index in [0.29, 0.717) is 12.0 Å². The SMILES string of the molecule is O=C(O)[C@H](CO)NC(=O)[C@H](Cc1ccc(O)cc1)NC(=O)[C@@H]1CCCN1. The molecular weight excluding hydrogens is 342 g/mol. The maximum atomic E-state index is 12.5. The average Bonchev–Trinajstić information content (AvgIpc) is 3.15. The van der Waals surface area contributed by atoms with Gasteiger partial charge in [0.25, 0.3) is 0 Å². The fraction of sp³-hybridized carbons (Fsp3) is 0.471. The lowest BCUT2D eigenvalue weighted by atomic mass is 10.0. The molecule has 0 unspecified atom stereocenters. The van der Waals surface area contributed by atoms with E-state index in [9.17, 15) is 19.5 Å². The fourth-order valence-electron chi connectivity index (χ4n) is 2.72. The van der Waals surface area contributed by atoms with Crippen molar-refractivity contribution in [3.05, 3.63) is 29.8 Å². The fourth-order valence-corrected chi connectivity index (χ4v) is 2.72. The quantitative estimate of drug-likeness (QED) is 0.337. The van der Waals surface area contributed by atoms with Gasteiger partial charge in [-0.3, -0.25) is 9.59 Å². The summed E-state index contributed by atoms with van der Waals surface area (Å²) in [6.45, 7) is -0.0381. The van der Waals surface area contributed by atoms with Gasteiger partial charge in [-0.15, -0.1) is 0 Å². The van der Waals surface area contributed by atoms with Gasteiger partial charge < -0.3 is 31.3 Å². The number of carbonyl (C=O) groups is 3. The van der Waals surface area contributed by atoms with E-state index in [4.69, 9.17) is 10.2 Å². The van der Waals surface area contributed by atoms with E-state index in [0.717, 1.165) is 13.0 Å². The lowest BCUT2D eigenvalue weighted by Gasteiger charge is -2.22. The Bertz CT molecular complexity index is 642. The number of aliphatic carboxylic acids is 1. The molecule has 0 spiro atoms. The van der Waals surface area contributed by atoms with Crippen molar-refractivity contribution in [3.8, 4) is 5.75 Å². The van der Waals surface area contributed by atoms with Crippen LogP contribution in [0, 0.1) is 0 Å². The van der Waals surface area contributed by atoms with Gasteiger partial charge in [-0.05, 0) is 37.1 Å². The van der Waals surface area contributed by atoms with Crippen LogP contribution in [0.5, 0.6) is 5.75 Å². The Labute approximate surface area is 150 Å². The van der Waals surface area contributed by atoms with Crippen molar-refractivity contribution in [2.75, 3.05) is 13.2 Å². The Balaban J connectivity index is 2.10. The molecule has 1 aliphatic rings. The molecule has 2 rings (SSSR count). The van der Waals surface area contributed by atoms with Crippen LogP contribution in [0.15, 0.2) is 24.3 Å². The number of nitrogens with one attached hydrogen (secondary N) is 3. The number of aromatic hydroxyl groups is 1. The summed E-state index contributed by atoms with van der Waals surface area (Å²) >= 11 is 0. The van der Waals surface area contributed by atoms with Crippen molar-refractivity contribution in [2.45, 2.75) is 37.4 Å². The molecular formula is C17H23N3O6. The van der Waals surface area contributed by atoms with Gasteiger partial charge in [-0.1, -0.05) is 12.1 Å². The summed E-state index contributed by atoms with van der Waals surface area (Å²) in [5.41, 5.74) is 0.679. The number of carboxylic acid groups (broad SMARTS) is 1. The van der Waals surface area contributed by atoms with Crippen LogP contribution >= 0.6 is 0 Å². The molecule has 1 aliphatic heterocycles. The van der Waals surface area contributed by atoms with E-state index in [-0.39, 0.29) is 18.1 Å². The van der Waals surface area contributed by atoms with Crippen molar-refractivity contribution in [2.24, 2.45) is 0 Å². The van der Waals surface area contributed by atoms with Crippen LogP contribution in [0.4, 0.5) is 0 Å². The predicted octanol–water partition coefficient (Wildman–Crippen LogP) is -1.27. The van der Waals surface area contributed by atoms with E-state index in [1.165, 1.54) is 12.1 Å². The van der Waals surface area contributed by atoms with Crippen molar-refractivity contribution in [1.29, 1.82) is 0 Å². The number of carbonyl (C=O) groups excluding carboxylic acids is 2. The number of phenolic OH excluding ortho intramolecular Hbond substituents is 1. The minimum Gasteiger partial charge on any atom is -0.508 e. The van der Waals surface area contributed by atoms with Gasteiger partial charge in [0.1, 0.15) is 17.8 Å². The largest absolute Gasteiger partial charge is 0.508 e. The van der Waals surface area contributed by atoms with Crippen molar-refractivity contribution >= 4 is 17.8 Å². The van der Waals surface area contributed by atoms with E-state index >= 15 is 0 Å². The molecule has 1 heterocycles. The second-order valence-electron chi connectivity index (χ2n) is 6.16. The first-order valence-corrected chi connectivity index (χ1v) is 8.36. The van der Waals surface area contributed by atoms with Gasteiger partial charge in [0.05, 0.1) is 12.6 Å². The summed E-state index contributed by atoms with van der Waals surface area (Å²) < 4.78 is 0. The lowest BCUT2D eigenvalue weighted by Crippen LogP contribution is -2.55. The standard InChI is InChI=1S/C17H23N3O6/c21-9-14(17(25)26)20-16(24)13(8-10-3-5-11(22)6-4-10)19-15(23)12-2-1-7-18-12/h3-6,12-14,18,21-22H,1-2,7-9H2,(H,19,23)(H,20,24)(H,25,26)/t12-,13-,14-/m0/s1. The summed E-state index contributed by atoms with van der Waals surface area (Å²) in [5, 5.41) is 35.3. The van der Waals surface area contributed by atoms with Crippen LogP contribution in [0.25, 0.3) is 0 Å². The minimum absolute atomic E-state index is 0.0696. The predicted molar refractivity (Wildman–Crippen MR) is 91.4 cm³/mol. The number of aliphatic hydroxyl groups excluding tert-OH is 1. The topological polar surface area (TPSA) is 148 Å². The number of rotatable bonds is 8. The highest BCUT2D eigenvalue weighted by Gasteiger charge is 2.29. The normalized spacial score (nSPS) is 18.7. The van der Waals surface area contributed by atoms with Crippen molar-refractivity contribution in [1.82, 2.24) is 16.0 Å². The van der Waals surface area contributed by atoms with E-state index in [1.807, 2.05) is 0 Å². The third-order valence-corrected chi connectivity index (χ3v) is 4.18. The van der Waals surface area contributed by atoms with Crippen LogP contribution < -0.4 is 16.0 Å². The molecule has 0 bridgehead atoms. The molecule has 142 valence electrons. The Morgan fingerprint density at radius 1 is 1.15 bits per heavy atom. The molecule has 1 aromatic rings. The summed E-state index contributed by atoms with van der Waals surface area (Å²) in [6, 6.07) is 3.27. The van der Waals surface area contributed by atoms with Crippen LogP contribution in [0.3, 0.4) is 0 Å². The Morgan fingerprint density at radius 2 is 1.85 bits per heavy atom. The van der Waals surface area contributed by atoms with Crippen molar-refractivity contribution < 1.29 is 29.7 Å². The smallest absolute Gasteiger partial charge is 0.328 e. The lowest BCUT2D eigenvalue weighted by molar-refractivity contribution is -0.143. The van der Waals surface area contributed by atoms with E-state index in [2.05, 4.69) is 16.0 Å². The molecule has 0 aromatic heterocycles. The molecule has 0 radical (unpaired) electrons. The highest BCUT2D eigenvalue weighted by Crippen LogP contribution is 2.12. The average molecular weight is 365 g/mol. The molecule has 6 N–H and O–H groups in total. The van der Waals surface area contributed by atoms with Crippen LogP contribution in [-0.2, 0) is 20.8 Å². The third kappa shape index (κ3) is 5.43. The Kier molecular flexibility index (Phi) is 6.93. The van der Waals surface area contributed by atoms with Gasteiger partial charge in [-0.25, -0.2) is 4.79 Å². The monoisotopic (exact) mass is 365 g/mol. The van der Waals surface area contributed by atoms with Gasteiger partial charge in [0.2, 0.25) is 11.8 Å². The third-order valence-electron chi connectivity index (χ3n) is 4.18. The number of hydrogen-bond donors (Lipinski definition) is 6. The molecule has 26 heavy (non-hydrogen) atoms. The first-order chi connectivity index (χ1) is 12.4. The van der Waals surface area contributed by atoms with Gasteiger partial charge >= 0.3 is 5.97 Å². The number of amides is 2. The van der Waals surface area contributed by atoms with Crippen LogP contribution in [0.1, 0.15) is 18.4 Å². The van der Waals surface area contributed by atoms with Gasteiger partial charge in [0.15, 0.2) is 0 Å². The number of hydrogen-bond acceptors (Lipinski definition) is 6. The highest BCUT2D eigenvalue weighted by molar-refractivity contribution is 5.92. The van der Waals surface area contributed by atoms with Gasteiger partial charge in [-0.2, -0.15) is 0 Å². The Hall–Kier alpha value is -2.65. The van der Waals surface area contributed by atoms with E-state index < -0.39 is 36.6 Å². The molecule has 1 saturated heterocycles. The number of aliphatic hydroxyl groups is 1. The molecule has 1 aromatic carbocycles. The zero-order chi connectivity index (χ0) is 19.1. The summed E-state index contributed by atoms with van der Waals surface area (Å²) in [5.74, 6) is -2.34. The second kappa shape index (κ2) is 9.16. The summed E-state index contributed by atoms with van der Waals surface area (Å²) in [7, 11) is 0. The second-order valence-corrected chi connectivity index (χ2v) is 6.16. The zero-order valence-corrected chi connectivity index (χ0v) is 14.1. The molecule has 0 saturated carbocycles. The van der Waals surface area contributed by atoms with Gasteiger partial charge in [0, 0.05) is 6.42 Å². The van der Waals surface area contributed by atoms with Crippen LogP contribution in [0.2, 0.25) is 0 Å². The molecule has 0 aliphatic carbocycles. The Morgan fingerprint density at radius 3 is 2.38 bits per heavy atom. The molecule has 3 atom stereocenters. The molecule has 1 fully saturated rings. The van der Waals surface area contributed by atoms with E-state index in [1.54, 1.807) is 12.1 Å². The zero-order valence-electron chi connectivity index (χ0n) is 14.1. The number of benzene rings is 1. The van der Waals surface area contributed by atoms with Crippen LogP contribution in [-0.4, -0.2) is 64.4 Å². The minimum atomic E-state index is -1.45. The first kappa shape index (κ1) is 19.7. The summed E-state index contributed by atoms with van der Waals surface area (Å²) in [4.78, 5) is 35.8. The summed E-state index contributed by atoms with van der Waals surface area (Å²) in [6.07, 6.45) is 1.63. The molecule has 9 heteroatoms. The van der Waals surface area contributed by atoms with Crippen molar-refractivity contribution in [3.63, 3.8) is 0 Å². The highest BCUT2D eigenvalue weighted by atomic mass is 16.4. The maximum Gasteiger partial charge on any atom is 0.328 e. The first-order valence-electron chi connectivity index (χ1n) is 8.36. The number of phenols is 1. The molecule has 9 nitrogen and oxygen atoms in total. The molecule has 2 amide bonds. The number of carboxylic acids is 1. The maximum absolute atomic E-state index is 12.5.